The van der Waals surface area contributed by atoms with Crippen LogP contribution in [0.15, 0.2) is 30.3 Å². The molecular weight excluding hydrogens is 240 g/mol. The third-order valence-corrected chi connectivity index (χ3v) is 3.79. The van der Waals surface area contributed by atoms with E-state index in [0.717, 1.165) is 9.87 Å². The highest BCUT2D eigenvalue weighted by atomic mass is 32.2. The molecule has 2 N–H and O–H groups in total. The number of nitrogens with one attached hydrogen (secondary N) is 1. The first-order valence-electron chi connectivity index (χ1n) is 5.31. The molecule has 17 heavy (non-hydrogen) atoms. The lowest BCUT2D eigenvalue weighted by molar-refractivity contribution is 0.178. The smallest absolute Gasteiger partial charge is 0.279 e. The molecule has 0 radical (unpaired) electrons. The van der Waals surface area contributed by atoms with Gasteiger partial charge in [0.25, 0.3) is 10.2 Å². The summed E-state index contributed by atoms with van der Waals surface area (Å²) in [7, 11) is -0.589. The molecule has 1 rings (SSSR count). The molecule has 0 saturated heterocycles. The molecule has 0 saturated carbocycles. The van der Waals surface area contributed by atoms with Crippen molar-refractivity contribution in [2.45, 2.75) is 12.5 Å². The van der Waals surface area contributed by atoms with E-state index in [9.17, 15) is 13.5 Å². The van der Waals surface area contributed by atoms with E-state index in [1.54, 1.807) is 0 Å². The van der Waals surface area contributed by atoms with Crippen molar-refractivity contribution >= 4 is 10.2 Å². The van der Waals surface area contributed by atoms with Crippen LogP contribution in [0.25, 0.3) is 0 Å². The Bertz CT molecular complexity index is 431. The lowest BCUT2D eigenvalue weighted by Crippen LogP contribution is -2.40. The number of benzene rings is 1. The van der Waals surface area contributed by atoms with Crippen LogP contribution in [-0.4, -0.2) is 44.6 Å². The van der Waals surface area contributed by atoms with Gasteiger partial charge in [-0.1, -0.05) is 30.3 Å². The van der Waals surface area contributed by atoms with Crippen molar-refractivity contribution in [2.24, 2.45) is 0 Å². The molecule has 0 fully saturated rings. The van der Waals surface area contributed by atoms with Crippen LogP contribution in [0.5, 0.6) is 0 Å². The lowest BCUT2D eigenvalue weighted by Gasteiger charge is -2.15. The fraction of sp³-hybridized carbons (Fsp3) is 0.455. The molecule has 0 aliphatic carbocycles. The van der Waals surface area contributed by atoms with Gasteiger partial charge in [-0.25, -0.2) is 0 Å². The van der Waals surface area contributed by atoms with Gasteiger partial charge in [-0.05, 0) is 12.0 Å². The van der Waals surface area contributed by atoms with Crippen LogP contribution in [0.1, 0.15) is 5.56 Å². The van der Waals surface area contributed by atoms with E-state index in [1.165, 1.54) is 14.1 Å². The zero-order valence-electron chi connectivity index (χ0n) is 10.00. The second-order valence-corrected chi connectivity index (χ2v) is 5.95. The van der Waals surface area contributed by atoms with Gasteiger partial charge >= 0.3 is 0 Å². The highest BCUT2D eigenvalue weighted by Gasteiger charge is 2.15. The summed E-state index contributed by atoms with van der Waals surface area (Å²) in [5.41, 5.74) is 0.976. The Balaban J connectivity index is 2.44. The van der Waals surface area contributed by atoms with Crippen molar-refractivity contribution < 1.29 is 13.5 Å². The van der Waals surface area contributed by atoms with Crippen molar-refractivity contribution in [1.29, 1.82) is 0 Å². The summed E-state index contributed by atoms with van der Waals surface area (Å²) in [5.74, 6) is 0. The molecule has 0 aromatic heterocycles. The minimum atomic E-state index is -3.46. The van der Waals surface area contributed by atoms with Crippen LogP contribution < -0.4 is 4.72 Å². The quantitative estimate of drug-likeness (QED) is 0.754. The molecule has 1 atom stereocenters. The Morgan fingerprint density at radius 1 is 1.29 bits per heavy atom. The van der Waals surface area contributed by atoms with Gasteiger partial charge in [0.15, 0.2) is 0 Å². The molecular formula is C11H18N2O3S. The Labute approximate surface area is 102 Å². The molecule has 1 aromatic rings. The maximum absolute atomic E-state index is 11.4. The lowest BCUT2D eigenvalue weighted by atomic mass is 10.1. The number of aliphatic hydroxyl groups excluding tert-OH is 1. The minimum Gasteiger partial charge on any atom is -0.391 e. The molecule has 96 valence electrons. The van der Waals surface area contributed by atoms with Crippen LogP contribution in [0.2, 0.25) is 0 Å². The SMILES string of the molecule is CN(C)S(=O)(=O)NCC(O)Cc1ccccc1. The number of rotatable bonds is 6. The molecule has 0 heterocycles. The average Bonchev–Trinajstić information content (AvgIpc) is 2.28. The monoisotopic (exact) mass is 258 g/mol. The maximum atomic E-state index is 11.4. The summed E-state index contributed by atoms with van der Waals surface area (Å²) in [4.78, 5) is 0. The standard InChI is InChI=1S/C11H18N2O3S/c1-13(2)17(15,16)12-9-11(14)8-10-6-4-3-5-7-10/h3-7,11-12,14H,8-9H2,1-2H3. The Morgan fingerprint density at radius 2 is 1.88 bits per heavy atom. The average molecular weight is 258 g/mol. The third kappa shape index (κ3) is 4.82. The zero-order chi connectivity index (χ0) is 12.9. The van der Waals surface area contributed by atoms with Gasteiger partial charge in [-0.3, -0.25) is 0 Å². The molecule has 6 heteroatoms. The normalized spacial score (nSPS) is 13.9. The van der Waals surface area contributed by atoms with Crippen molar-refractivity contribution in [3.8, 4) is 0 Å². The fourth-order valence-electron chi connectivity index (χ4n) is 1.29. The molecule has 0 bridgehead atoms. The van der Waals surface area contributed by atoms with E-state index in [0.29, 0.717) is 6.42 Å². The van der Waals surface area contributed by atoms with E-state index in [4.69, 9.17) is 0 Å². The summed E-state index contributed by atoms with van der Waals surface area (Å²) in [6.07, 6.45) is -0.302. The minimum absolute atomic E-state index is 0.00933. The molecule has 0 aliphatic rings. The van der Waals surface area contributed by atoms with Crippen LogP contribution >= 0.6 is 0 Å². The first kappa shape index (κ1) is 14.1. The first-order chi connectivity index (χ1) is 7.92. The fourth-order valence-corrected chi connectivity index (χ4v) is 1.95. The van der Waals surface area contributed by atoms with Gasteiger partial charge in [-0.2, -0.15) is 17.4 Å². The van der Waals surface area contributed by atoms with Gasteiger partial charge in [0.05, 0.1) is 6.10 Å². The van der Waals surface area contributed by atoms with E-state index >= 15 is 0 Å². The Hall–Kier alpha value is -0.950. The topological polar surface area (TPSA) is 69.6 Å². The van der Waals surface area contributed by atoms with Crippen molar-refractivity contribution in [3.63, 3.8) is 0 Å². The van der Waals surface area contributed by atoms with E-state index < -0.39 is 16.3 Å². The number of nitrogens with zero attached hydrogens (tertiary/aromatic N) is 1. The Kier molecular flexibility index (Phi) is 5.07. The summed E-state index contributed by atoms with van der Waals surface area (Å²) in [6, 6.07) is 9.44. The maximum Gasteiger partial charge on any atom is 0.279 e. The highest BCUT2D eigenvalue weighted by molar-refractivity contribution is 7.87. The predicted molar refractivity (Wildman–Crippen MR) is 66.8 cm³/mol. The van der Waals surface area contributed by atoms with Gasteiger partial charge in [-0.15, -0.1) is 0 Å². The molecule has 1 unspecified atom stereocenters. The summed E-state index contributed by atoms with van der Waals surface area (Å²) in [5, 5.41) is 9.70. The molecule has 0 aliphatic heterocycles. The number of hydrogen-bond donors (Lipinski definition) is 2. The van der Waals surface area contributed by atoms with Gasteiger partial charge in [0.1, 0.15) is 0 Å². The van der Waals surface area contributed by atoms with Crippen molar-refractivity contribution in [3.05, 3.63) is 35.9 Å². The number of hydrogen-bond acceptors (Lipinski definition) is 3. The highest BCUT2D eigenvalue weighted by Crippen LogP contribution is 2.02. The van der Waals surface area contributed by atoms with Gasteiger partial charge < -0.3 is 5.11 Å². The number of aliphatic hydroxyl groups is 1. The van der Waals surface area contributed by atoms with Crippen molar-refractivity contribution in [2.75, 3.05) is 20.6 Å². The van der Waals surface area contributed by atoms with Gasteiger partial charge in [0.2, 0.25) is 0 Å². The van der Waals surface area contributed by atoms with Crippen LogP contribution in [0.4, 0.5) is 0 Å². The van der Waals surface area contributed by atoms with Crippen LogP contribution in [0, 0.1) is 0 Å². The second kappa shape index (κ2) is 6.11. The van der Waals surface area contributed by atoms with Gasteiger partial charge in [0, 0.05) is 20.6 Å². The van der Waals surface area contributed by atoms with E-state index in [2.05, 4.69) is 4.72 Å². The van der Waals surface area contributed by atoms with E-state index in [1.807, 2.05) is 30.3 Å². The second-order valence-electron chi connectivity index (χ2n) is 3.98. The third-order valence-electron chi connectivity index (χ3n) is 2.30. The van der Waals surface area contributed by atoms with Crippen LogP contribution in [-0.2, 0) is 16.6 Å². The predicted octanol–water partition coefficient (Wildman–Crippen LogP) is -0.0140. The largest absolute Gasteiger partial charge is 0.391 e. The summed E-state index contributed by atoms with van der Waals surface area (Å²) in [6.45, 7) is 0.00933. The summed E-state index contributed by atoms with van der Waals surface area (Å²) >= 11 is 0. The molecule has 0 amide bonds. The summed E-state index contributed by atoms with van der Waals surface area (Å²) < 4.78 is 26.2. The van der Waals surface area contributed by atoms with Crippen molar-refractivity contribution in [1.82, 2.24) is 9.03 Å². The molecule has 0 spiro atoms. The van der Waals surface area contributed by atoms with E-state index in [-0.39, 0.29) is 6.54 Å². The molecule has 5 nitrogen and oxygen atoms in total. The zero-order valence-corrected chi connectivity index (χ0v) is 10.8. The molecule has 1 aromatic carbocycles. The Morgan fingerprint density at radius 3 is 2.41 bits per heavy atom. The van der Waals surface area contributed by atoms with Crippen LogP contribution in [0.3, 0.4) is 0 Å². The first-order valence-corrected chi connectivity index (χ1v) is 6.75.